The van der Waals surface area contributed by atoms with Gasteiger partial charge >= 0.3 is 0 Å². The molecule has 1 fully saturated rings. The first-order valence-corrected chi connectivity index (χ1v) is 12.0. The van der Waals surface area contributed by atoms with Gasteiger partial charge in [-0.2, -0.15) is 5.10 Å². The Balaban J connectivity index is 1.68. The van der Waals surface area contributed by atoms with Gasteiger partial charge in [0.1, 0.15) is 5.78 Å². The molecule has 0 spiro atoms. The molecule has 4 rings (SSSR count). The molecule has 1 saturated carbocycles. The van der Waals surface area contributed by atoms with Crippen LogP contribution in [0.2, 0.25) is 5.02 Å². The van der Waals surface area contributed by atoms with Crippen LogP contribution in [-0.2, 0) is 11.3 Å². The minimum atomic E-state index is -0.200. The highest BCUT2D eigenvalue weighted by Crippen LogP contribution is 2.31. The van der Waals surface area contributed by atoms with Crippen LogP contribution in [0.3, 0.4) is 0 Å². The number of halogens is 1. The standard InChI is InChI=1S/C25H30ClN5O2/c1-4-22(18-7-6-8-21(26)15(18)3)30-25(33)20-13-27-24-19(14-28-31(24)5-2)23(20)29-16-9-11-17(32)12-10-16/h6-8,13-14,16,22H,4-5,9-12H2,1-3H3,(H,27,29)(H,30,33). The lowest BCUT2D eigenvalue weighted by Gasteiger charge is -2.25. The maximum absolute atomic E-state index is 13.5. The molecule has 1 aromatic carbocycles. The van der Waals surface area contributed by atoms with Crippen molar-refractivity contribution in [2.45, 2.75) is 71.5 Å². The van der Waals surface area contributed by atoms with Crippen molar-refractivity contribution in [3.63, 3.8) is 0 Å². The summed E-state index contributed by atoms with van der Waals surface area (Å²) in [6.07, 6.45) is 6.75. The molecular formula is C25H30ClN5O2. The fourth-order valence-electron chi connectivity index (χ4n) is 4.51. The van der Waals surface area contributed by atoms with E-state index in [9.17, 15) is 9.59 Å². The highest BCUT2D eigenvalue weighted by atomic mass is 35.5. The number of hydrogen-bond donors (Lipinski definition) is 2. The van der Waals surface area contributed by atoms with Crippen molar-refractivity contribution in [1.29, 1.82) is 0 Å². The molecule has 1 aliphatic rings. The van der Waals surface area contributed by atoms with E-state index in [1.807, 2.05) is 43.7 Å². The summed E-state index contributed by atoms with van der Waals surface area (Å²) in [5, 5.41) is 12.7. The SMILES string of the molecule is CCC(NC(=O)c1cnc2c(cnn2CC)c1NC1CCC(=O)CC1)c1cccc(Cl)c1C. The molecule has 2 heterocycles. The van der Waals surface area contributed by atoms with Gasteiger partial charge in [-0.15, -0.1) is 0 Å². The number of amides is 1. The first-order valence-electron chi connectivity index (χ1n) is 11.6. The number of aromatic nitrogens is 3. The van der Waals surface area contributed by atoms with Gasteiger partial charge in [-0.25, -0.2) is 9.67 Å². The summed E-state index contributed by atoms with van der Waals surface area (Å²) in [5.74, 6) is 0.0987. The largest absolute Gasteiger partial charge is 0.381 e. The topological polar surface area (TPSA) is 88.9 Å². The summed E-state index contributed by atoms with van der Waals surface area (Å²) in [7, 11) is 0. The van der Waals surface area contributed by atoms with Crippen LogP contribution in [0, 0.1) is 6.92 Å². The Morgan fingerprint density at radius 1 is 1.24 bits per heavy atom. The number of carbonyl (C=O) groups excluding carboxylic acids is 2. The average molecular weight is 468 g/mol. The number of nitrogens with zero attached hydrogens (tertiary/aromatic N) is 3. The van der Waals surface area contributed by atoms with E-state index >= 15 is 0 Å². The highest BCUT2D eigenvalue weighted by Gasteiger charge is 2.25. The number of pyridine rings is 1. The van der Waals surface area contributed by atoms with Gasteiger partial charge in [0, 0.05) is 36.6 Å². The van der Waals surface area contributed by atoms with E-state index in [0.29, 0.717) is 35.8 Å². The second kappa shape index (κ2) is 9.91. The molecule has 7 nitrogen and oxygen atoms in total. The lowest BCUT2D eigenvalue weighted by Crippen LogP contribution is -2.31. The van der Waals surface area contributed by atoms with E-state index in [2.05, 4.69) is 20.7 Å². The van der Waals surface area contributed by atoms with Gasteiger partial charge in [-0.1, -0.05) is 30.7 Å². The van der Waals surface area contributed by atoms with Crippen LogP contribution in [-0.4, -0.2) is 32.5 Å². The third-order valence-corrected chi connectivity index (χ3v) is 6.91. The van der Waals surface area contributed by atoms with E-state index in [4.69, 9.17) is 11.6 Å². The van der Waals surface area contributed by atoms with Crippen LogP contribution < -0.4 is 10.6 Å². The minimum Gasteiger partial charge on any atom is -0.381 e. The summed E-state index contributed by atoms with van der Waals surface area (Å²) < 4.78 is 1.82. The molecule has 1 amide bonds. The molecule has 174 valence electrons. The number of ketones is 1. The number of anilines is 1. The zero-order valence-corrected chi connectivity index (χ0v) is 20.1. The van der Waals surface area contributed by atoms with Crippen molar-refractivity contribution >= 4 is 40.0 Å². The van der Waals surface area contributed by atoms with E-state index in [1.54, 1.807) is 12.4 Å². The molecule has 0 radical (unpaired) electrons. The third kappa shape index (κ3) is 4.74. The van der Waals surface area contributed by atoms with Crippen molar-refractivity contribution in [3.05, 3.63) is 52.3 Å². The quantitative estimate of drug-likeness (QED) is 0.497. The van der Waals surface area contributed by atoms with Crippen molar-refractivity contribution in [3.8, 4) is 0 Å². The summed E-state index contributed by atoms with van der Waals surface area (Å²) in [5.41, 5.74) is 3.92. The maximum Gasteiger partial charge on any atom is 0.255 e. The Morgan fingerprint density at radius 3 is 2.70 bits per heavy atom. The number of Topliss-reactive ketones (excluding diaryl/α,β-unsaturated/α-hetero) is 1. The van der Waals surface area contributed by atoms with Crippen LogP contribution in [0.4, 0.5) is 5.69 Å². The predicted molar refractivity (Wildman–Crippen MR) is 131 cm³/mol. The molecule has 1 unspecified atom stereocenters. The number of aryl methyl sites for hydroxylation is 1. The lowest BCUT2D eigenvalue weighted by atomic mass is 9.93. The van der Waals surface area contributed by atoms with Gasteiger partial charge in [-0.3, -0.25) is 9.59 Å². The van der Waals surface area contributed by atoms with Gasteiger partial charge in [0.05, 0.1) is 28.9 Å². The highest BCUT2D eigenvalue weighted by molar-refractivity contribution is 6.31. The first-order chi connectivity index (χ1) is 15.9. The van der Waals surface area contributed by atoms with Gasteiger partial charge in [0.25, 0.3) is 5.91 Å². The van der Waals surface area contributed by atoms with Crippen molar-refractivity contribution < 1.29 is 9.59 Å². The van der Waals surface area contributed by atoms with E-state index in [1.165, 1.54) is 0 Å². The van der Waals surface area contributed by atoms with Crippen molar-refractivity contribution in [1.82, 2.24) is 20.1 Å². The predicted octanol–water partition coefficient (Wildman–Crippen LogP) is 5.22. The summed E-state index contributed by atoms with van der Waals surface area (Å²) in [6, 6.07) is 5.71. The Labute approximate surface area is 198 Å². The Kier molecular flexibility index (Phi) is 6.98. The van der Waals surface area contributed by atoms with Crippen LogP contribution in [0.1, 0.15) is 73.5 Å². The fraction of sp³-hybridized carbons (Fsp3) is 0.440. The number of rotatable bonds is 7. The van der Waals surface area contributed by atoms with E-state index in [0.717, 1.165) is 47.1 Å². The molecule has 0 bridgehead atoms. The second-order valence-electron chi connectivity index (χ2n) is 8.59. The van der Waals surface area contributed by atoms with E-state index in [-0.39, 0.29) is 18.0 Å². The molecule has 0 saturated heterocycles. The molecule has 1 atom stereocenters. The fourth-order valence-corrected chi connectivity index (χ4v) is 4.69. The number of carbonyl (C=O) groups is 2. The average Bonchev–Trinajstić information content (AvgIpc) is 3.24. The summed E-state index contributed by atoms with van der Waals surface area (Å²) in [4.78, 5) is 29.8. The number of fused-ring (bicyclic) bond motifs is 1. The Bertz CT molecular complexity index is 1180. The zero-order chi connectivity index (χ0) is 23.5. The molecule has 33 heavy (non-hydrogen) atoms. The smallest absolute Gasteiger partial charge is 0.255 e. The molecule has 8 heteroatoms. The maximum atomic E-state index is 13.5. The molecule has 2 N–H and O–H groups in total. The minimum absolute atomic E-state index is 0.127. The van der Waals surface area contributed by atoms with Crippen LogP contribution in [0.5, 0.6) is 0 Å². The van der Waals surface area contributed by atoms with Gasteiger partial charge < -0.3 is 10.6 Å². The number of nitrogens with one attached hydrogen (secondary N) is 2. The summed E-state index contributed by atoms with van der Waals surface area (Å²) >= 11 is 6.33. The van der Waals surface area contributed by atoms with Crippen LogP contribution >= 0.6 is 11.6 Å². The van der Waals surface area contributed by atoms with E-state index < -0.39 is 0 Å². The third-order valence-electron chi connectivity index (χ3n) is 6.50. The Hall–Kier alpha value is -2.93. The normalized spacial score (nSPS) is 15.6. The molecule has 3 aromatic rings. The van der Waals surface area contributed by atoms with Gasteiger partial charge in [0.2, 0.25) is 0 Å². The molecule has 2 aromatic heterocycles. The van der Waals surface area contributed by atoms with Crippen molar-refractivity contribution in [2.24, 2.45) is 0 Å². The van der Waals surface area contributed by atoms with Crippen LogP contribution in [0.25, 0.3) is 11.0 Å². The monoisotopic (exact) mass is 467 g/mol. The Morgan fingerprint density at radius 2 is 2.00 bits per heavy atom. The van der Waals surface area contributed by atoms with Gasteiger partial charge in [-0.05, 0) is 50.3 Å². The van der Waals surface area contributed by atoms with Crippen LogP contribution in [0.15, 0.2) is 30.6 Å². The molecule has 1 aliphatic carbocycles. The zero-order valence-electron chi connectivity index (χ0n) is 19.3. The second-order valence-corrected chi connectivity index (χ2v) is 9.00. The molecule has 0 aliphatic heterocycles. The first kappa shape index (κ1) is 23.2. The van der Waals surface area contributed by atoms with Gasteiger partial charge in [0.15, 0.2) is 5.65 Å². The lowest BCUT2D eigenvalue weighted by molar-refractivity contribution is -0.120. The number of benzene rings is 1. The number of hydrogen-bond acceptors (Lipinski definition) is 5. The summed E-state index contributed by atoms with van der Waals surface area (Å²) in [6.45, 7) is 6.70. The molecular weight excluding hydrogens is 438 g/mol. The van der Waals surface area contributed by atoms with Crippen molar-refractivity contribution in [2.75, 3.05) is 5.32 Å².